The first-order valence-corrected chi connectivity index (χ1v) is 9.93. The lowest BCUT2D eigenvalue weighted by Crippen LogP contribution is -2.49. The van der Waals surface area contributed by atoms with Gasteiger partial charge in [-0.3, -0.25) is 4.79 Å². The van der Waals surface area contributed by atoms with E-state index in [0.29, 0.717) is 19.6 Å². The van der Waals surface area contributed by atoms with E-state index < -0.39 is 0 Å². The fourth-order valence-electron chi connectivity index (χ4n) is 4.19. The van der Waals surface area contributed by atoms with E-state index in [1.54, 1.807) is 4.90 Å². The summed E-state index contributed by atoms with van der Waals surface area (Å²) < 4.78 is 0. The van der Waals surface area contributed by atoms with Crippen LogP contribution in [0.4, 0.5) is 21.9 Å². The molecular formula is C22H26N4O2. The highest BCUT2D eigenvalue weighted by molar-refractivity contribution is 5.98. The first-order chi connectivity index (χ1) is 13.6. The maximum Gasteiger partial charge on any atom is 0.321 e. The molecule has 4 rings (SSSR count). The van der Waals surface area contributed by atoms with Crippen molar-refractivity contribution in [3.63, 3.8) is 0 Å². The lowest BCUT2D eigenvalue weighted by molar-refractivity contribution is -0.123. The van der Waals surface area contributed by atoms with Crippen molar-refractivity contribution in [2.45, 2.75) is 25.7 Å². The summed E-state index contributed by atoms with van der Waals surface area (Å²) in [5, 5.41) is 2.92. The second kappa shape index (κ2) is 7.92. The summed E-state index contributed by atoms with van der Waals surface area (Å²) in [6, 6.07) is 15.0. The Morgan fingerprint density at radius 3 is 2.64 bits per heavy atom. The quantitative estimate of drug-likeness (QED) is 0.785. The molecule has 2 aliphatic heterocycles. The molecule has 0 saturated carbocycles. The van der Waals surface area contributed by atoms with Gasteiger partial charge in [0.1, 0.15) is 0 Å². The molecule has 2 aromatic rings. The van der Waals surface area contributed by atoms with Gasteiger partial charge in [0, 0.05) is 36.7 Å². The molecule has 1 saturated heterocycles. The van der Waals surface area contributed by atoms with Gasteiger partial charge in [-0.15, -0.1) is 0 Å². The summed E-state index contributed by atoms with van der Waals surface area (Å²) >= 11 is 0. The molecule has 3 N–H and O–H groups in total. The number of nitrogens with zero attached hydrogens (tertiary/aromatic N) is 2. The van der Waals surface area contributed by atoms with Crippen molar-refractivity contribution in [3.05, 3.63) is 54.1 Å². The number of carbonyl (C=O) groups excluding carboxylic acids is 2. The molecule has 0 bridgehead atoms. The Kier molecular flexibility index (Phi) is 5.19. The number of piperidine rings is 1. The average molecular weight is 378 g/mol. The number of rotatable bonds is 2. The number of nitrogens with two attached hydrogens (primary N) is 1. The van der Waals surface area contributed by atoms with Crippen molar-refractivity contribution in [1.29, 1.82) is 0 Å². The van der Waals surface area contributed by atoms with Crippen molar-refractivity contribution in [3.8, 4) is 0 Å². The molecule has 0 aromatic heterocycles. The van der Waals surface area contributed by atoms with E-state index in [1.165, 1.54) is 0 Å². The average Bonchev–Trinajstić information content (AvgIpc) is 2.74. The molecule has 2 heterocycles. The van der Waals surface area contributed by atoms with Gasteiger partial charge in [-0.2, -0.15) is 0 Å². The summed E-state index contributed by atoms with van der Waals surface area (Å²) in [6.07, 6.45) is 3.46. The number of anilines is 3. The normalized spacial score (nSPS) is 19.1. The molecule has 3 amide bonds. The summed E-state index contributed by atoms with van der Waals surface area (Å²) in [5.41, 5.74) is 9.63. The smallest absolute Gasteiger partial charge is 0.321 e. The third-order valence-corrected chi connectivity index (χ3v) is 5.64. The molecule has 146 valence electrons. The van der Waals surface area contributed by atoms with Crippen LogP contribution < -0.4 is 16.0 Å². The van der Waals surface area contributed by atoms with E-state index in [-0.39, 0.29) is 17.9 Å². The van der Waals surface area contributed by atoms with Crippen molar-refractivity contribution >= 4 is 29.0 Å². The van der Waals surface area contributed by atoms with Gasteiger partial charge in [0.2, 0.25) is 5.91 Å². The van der Waals surface area contributed by atoms with Crippen LogP contribution in [-0.4, -0.2) is 36.5 Å². The number of hydrogen-bond donors (Lipinski definition) is 2. The summed E-state index contributed by atoms with van der Waals surface area (Å²) in [6.45, 7) is 1.83. The van der Waals surface area contributed by atoms with Gasteiger partial charge in [0.15, 0.2) is 0 Å². The maximum atomic E-state index is 13.3. The van der Waals surface area contributed by atoms with Crippen LogP contribution in [-0.2, 0) is 11.2 Å². The number of hydrogen-bond acceptors (Lipinski definition) is 3. The number of likely N-dealkylation sites (tertiary alicyclic amines) is 1. The standard InChI is InChI=1S/C22H26N4O2/c23-19-11-4-12-20-18(19)10-6-14-26(20)21(27)16-7-5-13-25(15-16)22(28)24-17-8-2-1-3-9-17/h1-4,8-9,11-12,16H,5-7,10,13-15,23H2,(H,24,28). The van der Waals surface area contributed by atoms with E-state index in [2.05, 4.69) is 5.32 Å². The largest absolute Gasteiger partial charge is 0.398 e. The molecule has 0 aliphatic carbocycles. The Balaban J connectivity index is 1.46. The van der Waals surface area contributed by atoms with Crippen LogP contribution in [0.5, 0.6) is 0 Å². The number of urea groups is 1. The van der Waals surface area contributed by atoms with Gasteiger partial charge >= 0.3 is 6.03 Å². The SMILES string of the molecule is Nc1cccc2c1CCCN2C(=O)C1CCCN(C(=O)Nc2ccccc2)C1. The van der Waals surface area contributed by atoms with Crippen LogP contribution in [0, 0.1) is 5.92 Å². The van der Waals surface area contributed by atoms with Crippen molar-refractivity contribution in [2.75, 3.05) is 35.6 Å². The van der Waals surface area contributed by atoms with Crippen molar-refractivity contribution in [2.24, 2.45) is 5.92 Å². The zero-order valence-electron chi connectivity index (χ0n) is 15.9. The second-order valence-corrected chi connectivity index (χ2v) is 7.52. The predicted molar refractivity (Wildman–Crippen MR) is 111 cm³/mol. The van der Waals surface area contributed by atoms with Crippen LogP contribution in [0.15, 0.2) is 48.5 Å². The second-order valence-electron chi connectivity index (χ2n) is 7.52. The van der Waals surface area contributed by atoms with Gasteiger partial charge in [0.25, 0.3) is 0 Å². The first kappa shape index (κ1) is 18.3. The van der Waals surface area contributed by atoms with Gasteiger partial charge in [-0.05, 0) is 55.5 Å². The zero-order valence-corrected chi connectivity index (χ0v) is 15.9. The van der Waals surface area contributed by atoms with E-state index in [9.17, 15) is 9.59 Å². The number of nitrogens with one attached hydrogen (secondary N) is 1. The summed E-state index contributed by atoms with van der Waals surface area (Å²) in [5.74, 6) is -0.0774. The molecule has 2 aliphatic rings. The summed E-state index contributed by atoms with van der Waals surface area (Å²) in [4.78, 5) is 29.5. The predicted octanol–water partition coefficient (Wildman–Crippen LogP) is 3.49. The number of benzene rings is 2. The fourth-order valence-corrected chi connectivity index (χ4v) is 4.19. The van der Waals surface area contributed by atoms with E-state index >= 15 is 0 Å². The number of carbonyl (C=O) groups is 2. The van der Waals surface area contributed by atoms with Crippen LogP contribution in [0.25, 0.3) is 0 Å². The fraction of sp³-hybridized carbons (Fsp3) is 0.364. The molecule has 2 aromatic carbocycles. The maximum absolute atomic E-state index is 13.3. The topological polar surface area (TPSA) is 78.7 Å². The van der Waals surface area contributed by atoms with Gasteiger partial charge in [-0.1, -0.05) is 24.3 Å². The monoisotopic (exact) mass is 378 g/mol. The molecule has 1 unspecified atom stereocenters. The highest BCUT2D eigenvalue weighted by atomic mass is 16.2. The Labute approximate surface area is 165 Å². The number of nitrogen functional groups attached to an aromatic ring is 1. The minimum absolute atomic E-state index is 0.101. The Morgan fingerprint density at radius 2 is 1.82 bits per heavy atom. The molecule has 0 radical (unpaired) electrons. The lowest BCUT2D eigenvalue weighted by atomic mass is 9.93. The molecular weight excluding hydrogens is 352 g/mol. The Hall–Kier alpha value is -3.02. The minimum Gasteiger partial charge on any atom is -0.398 e. The molecule has 0 spiro atoms. The van der Waals surface area contributed by atoms with Gasteiger partial charge in [-0.25, -0.2) is 4.79 Å². The van der Waals surface area contributed by atoms with Crippen LogP contribution in [0.1, 0.15) is 24.8 Å². The van der Waals surface area contributed by atoms with E-state index in [0.717, 1.165) is 48.3 Å². The van der Waals surface area contributed by atoms with Crippen molar-refractivity contribution < 1.29 is 9.59 Å². The summed E-state index contributed by atoms with van der Waals surface area (Å²) in [7, 11) is 0. The molecule has 1 atom stereocenters. The first-order valence-electron chi connectivity index (χ1n) is 9.93. The van der Waals surface area contributed by atoms with Crippen LogP contribution in [0.2, 0.25) is 0 Å². The third kappa shape index (κ3) is 3.67. The number of fused-ring (bicyclic) bond motifs is 1. The number of para-hydroxylation sites is 1. The zero-order chi connectivity index (χ0) is 19.5. The molecule has 6 nitrogen and oxygen atoms in total. The third-order valence-electron chi connectivity index (χ3n) is 5.64. The van der Waals surface area contributed by atoms with E-state index in [4.69, 9.17) is 5.73 Å². The Bertz CT molecular complexity index is 868. The highest BCUT2D eigenvalue weighted by Gasteiger charge is 2.33. The molecule has 28 heavy (non-hydrogen) atoms. The molecule has 1 fully saturated rings. The van der Waals surface area contributed by atoms with Gasteiger partial charge in [0.05, 0.1) is 5.92 Å². The van der Waals surface area contributed by atoms with E-state index in [1.807, 2.05) is 53.4 Å². The van der Waals surface area contributed by atoms with Gasteiger partial charge < -0.3 is 20.9 Å². The number of amides is 3. The molecule has 6 heteroatoms. The Morgan fingerprint density at radius 1 is 1.00 bits per heavy atom. The highest BCUT2D eigenvalue weighted by Crippen LogP contribution is 2.33. The van der Waals surface area contributed by atoms with Crippen molar-refractivity contribution in [1.82, 2.24) is 4.90 Å². The lowest BCUT2D eigenvalue weighted by Gasteiger charge is -2.37. The van der Waals surface area contributed by atoms with Crippen LogP contribution >= 0.6 is 0 Å². The minimum atomic E-state index is -0.178. The van der Waals surface area contributed by atoms with Crippen LogP contribution in [0.3, 0.4) is 0 Å².